The summed E-state index contributed by atoms with van der Waals surface area (Å²) in [6, 6.07) is 10.2. The van der Waals surface area contributed by atoms with E-state index in [0.29, 0.717) is 12.6 Å². The molecule has 116 valence electrons. The molecule has 0 heterocycles. The van der Waals surface area contributed by atoms with Crippen LogP contribution in [0.5, 0.6) is 0 Å². The summed E-state index contributed by atoms with van der Waals surface area (Å²) in [5.41, 5.74) is 5.88. The van der Waals surface area contributed by atoms with E-state index in [9.17, 15) is 4.79 Å². The molecule has 0 aromatic heterocycles. The normalized spacial score (nSPS) is 18.0. The first-order valence-electron chi connectivity index (χ1n) is 7.78. The van der Waals surface area contributed by atoms with Crippen molar-refractivity contribution in [2.45, 2.75) is 38.3 Å². The van der Waals surface area contributed by atoms with Gasteiger partial charge in [0, 0.05) is 19.1 Å². The van der Waals surface area contributed by atoms with Crippen LogP contribution in [0.3, 0.4) is 0 Å². The zero-order chi connectivity index (χ0) is 15.5. The Balaban J connectivity index is 2.28. The minimum Gasteiger partial charge on any atom is -0.368 e. The number of carbonyl (C=O) groups excluding carboxylic acids is 1. The monoisotopic (exact) mass is 289 g/mol. The van der Waals surface area contributed by atoms with Crippen molar-refractivity contribution >= 4 is 5.91 Å². The molecule has 2 rings (SSSR count). The minimum absolute atomic E-state index is 0.322. The molecule has 1 aromatic rings. The van der Waals surface area contributed by atoms with Crippen LogP contribution in [0.4, 0.5) is 0 Å². The van der Waals surface area contributed by atoms with Gasteiger partial charge in [0.2, 0.25) is 5.91 Å². The maximum absolute atomic E-state index is 12.2. The molecular formula is C17H27N3O. The van der Waals surface area contributed by atoms with Crippen LogP contribution in [0.25, 0.3) is 0 Å². The van der Waals surface area contributed by atoms with Crippen LogP contribution >= 0.6 is 0 Å². The van der Waals surface area contributed by atoms with E-state index in [1.165, 1.54) is 12.8 Å². The molecule has 1 amide bonds. The third-order valence-electron chi connectivity index (χ3n) is 4.47. The lowest BCUT2D eigenvalue weighted by Gasteiger charge is -2.38. The molecule has 1 fully saturated rings. The Hall–Kier alpha value is -1.39. The summed E-state index contributed by atoms with van der Waals surface area (Å²) in [5, 5.41) is 3.19. The number of nitrogens with zero attached hydrogens (tertiary/aromatic N) is 1. The van der Waals surface area contributed by atoms with E-state index in [1.807, 2.05) is 37.4 Å². The fourth-order valence-electron chi connectivity index (χ4n) is 2.78. The van der Waals surface area contributed by atoms with E-state index in [4.69, 9.17) is 5.73 Å². The van der Waals surface area contributed by atoms with E-state index in [1.54, 1.807) is 0 Å². The number of rotatable bonds is 8. The van der Waals surface area contributed by atoms with Crippen molar-refractivity contribution in [3.05, 3.63) is 35.9 Å². The van der Waals surface area contributed by atoms with Crippen LogP contribution in [0.2, 0.25) is 0 Å². The molecule has 1 saturated carbocycles. The summed E-state index contributed by atoms with van der Waals surface area (Å²) in [7, 11) is 1.81. The summed E-state index contributed by atoms with van der Waals surface area (Å²) >= 11 is 0. The van der Waals surface area contributed by atoms with Crippen LogP contribution in [0, 0.1) is 5.92 Å². The number of benzene rings is 1. The van der Waals surface area contributed by atoms with Crippen molar-refractivity contribution in [3.8, 4) is 0 Å². The highest BCUT2D eigenvalue weighted by molar-refractivity contribution is 5.86. The van der Waals surface area contributed by atoms with Crippen LogP contribution < -0.4 is 11.1 Å². The van der Waals surface area contributed by atoms with Gasteiger partial charge in [-0.3, -0.25) is 9.69 Å². The highest BCUT2D eigenvalue weighted by Gasteiger charge is 2.40. The fourth-order valence-corrected chi connectivity index (χ4v) is 2.78. The van der Waals surface area contributed by atoms with Crippen molar-refractivity contribution in [2.24, 2.45) is 11.7 Å². The Morgan fingerprint density at radius 2 is 2.00 bits per heavy atom. The van der Waals surface area contributed by atoms with Gasteiger partial charge >= 0.3 is 0 Å². The summed E-state index contributed by atoms with van der Waals surface area (Å²) in [6.07, 6.45) is 2.61. The second-order valence-electron chi connectivity index (χ2n) is 6.35. The van der Waals surface area contributed by atoms with Gasteiger partial charge in [-0.2, -0.15) is 0 Å². The molecule has 4 nitrogen and oxygen atoms in total. The number of carbonyl (C=O) groups is 1. The topological polar surface area (TPSA) is 58.4 Å². The van der Waals surface area contributed by atoms with Crippen molar-refractivity contribution < 1.29 is 4.79 Å². The lowest BCUT2D eigenvalue weighted by Crippen LogP contribution is -2.59. The molecule has 0 radical (unpaired) electrons. The quantitative estimate of drug-likeness (QED) is 0.766. The minimum atomic E-state index is -0.833. The Morgan fingerprint density at radius 3 is 2.43 bits per heavy atom. The van der Waals surface area contributed by atoms with Crippen molar-refractivity contribution in [2.75, 3.05) is 20.1 Å². The molecule has 0 bridgehead atoms. The van der Waals surface area contributed by atoms with Gasteiger partial charge < -0.3 is 11.1 Å². The second-order valence-corrected chi connectivity index (χ2v) is 6.35. The highest BCUT2D eigenvalue weighted by Crippen LogP contribution is 2.32. The number of hydrogen-bond donors (Lipinski definition) is 2. The third kappa shape index (κ3) is 3.63. The first-order chi connectivity index (χ1) is 9.99. The van der Waals surface area contributed by atoms with Gasteiger partial charge in [0.1, 0.15) is 5.54 Å². The third-order valence-corrected chi connectivity index (χ3v) is 4.47. The first kappa shape index (κ1) is 16.0. The average Bonchev–Trinajstić information content (AvgIpc) is 3.28. The molecule has 1 aliphatic rings. The largest absolute Gasteiger partial charge is 0.368 e. The molecule has 4 heteroatoms. The van der Waals surface area contributed by atoms with Crippen LogP contribution in [0.15, 0.2) is 30.3 Å². The molecule has 1 aromatic carbocycles. The maximum atomic E-state index is 12.2. The predicted octanol–water partition coefficient (Wildman–Crippen LogP) is 1.71. The van der Waals surface area contributed by atoms with Crippen LogP contribution in [-0.4, -0.2) is 37.0 Å². The van der Waals surface area contributed by atoms with Gasteiger partial charge in [-0.25, -0.2) is 0 Å². The number of nitrogens with one attached hydrogen (secondary N) is 1. The molecule has 0 saturated heterocycles. The molecule has 0 spiro atoms. The zero-order valence-electron chi connectivity index (χ0n) is 13.3. The van der Waals surface area contributed by atoms with Gasteiger partial charge in [-0.1, -0.05) is 30.3 Å². The number of amides is 1. The van der Waals surface area contributed by atoms with Gasteiger partial charge in [0.15, 0.2) is 0 Å². The summed E-state index contributed by atoms with van der Waals surface area (Å²) < 4.78 is 0. The Labute approximate surface area is 127 Å². The Morgan fingerprint density at radius 1 is 1.38 bits per heavy atom. The number of hydrogen-bond acceptors (Lipinski definition) is 3. The van der Waals surface area contributed by atoms with Crippen molar-refractivity contribution in [1.29, 1.82) is 0 Å². The Kier molecular flexibility index (Phi) is 5.01. The molecule has 3 N–H and O–H groups in total. The highest BCUT2D eigenvalue weighted by atomic mass is 16.1. The van der Waals surface area contributed by atoms with E-state index < -0.39 is 5.54 Å². The van der Waals surface area contributed by atoms with Gasteiger partial charge in [-0.15, -0.1) is 0 Å². The SMILES string of the molecule is CNC(CN(CC1CC1)C(C)C)(C(N)=O)c1ccccc1. The van der Waals surface area contributed by atoms with Gasteiger partial charge in [0.25, 0.3) is 0 Å². The molecule has 21 heavy (non-hydrogen) atoms. The van der Waals surface area contributed by atoms with Crippen molar-refractivity contribution in [1.82, 2.24) is 10.2 Å². The van der Waals surface area contributed by atoms with E-state index in [0.717, 1.165) is 18.0 Å². The average molecular weight is 289 g/mol. The Bertz CT molecular complexity index is 470. The number of nitrogens with two attached hydrogens (primary N) is 1. The van der Waals surface area contributed by atoms with E-state index in [-0.39, 0.29) is 5.91 Å². The lowest BCUT2D eigenvalue weighted by atomic mass is 9.88. The molecule has 0 aliphatic heterocycles. The zero-order valence-corrected chi connectivity index (χ0v) is 13.3. The lowest BCUT2D eigenvalue weighted by molar-refractivity contribution is -0.125. The smallest absolute Gasteiger partial charge is 0.243 e. The molecule has 1 atom stereocenters. The molecule has 1 unspecified atom stereocenters. The summed E-state index contributed by atoms with van der Waals surface area (Å²) in [6.45, 7) is 6.00. The predicted molar refractivity (Wildman–Crippen MR) is 85.8 cm³/mol. The van der Waals surface area contributed by atoms with E-state index in [2.05, 4.69) is 24.1 Å². The van der Waals surface area contributed by atoms with Gasteiger partial charge in [0.05, 0.1) is 0 Å². The van der Waals surface area contributed by atoms with Crippen LogP contribution in [0.1, 0.15) is 32.3 Å². The molecular weight excluding hydrogens is 262 g/mol. The summed E-state index contributed by atoms with van der Waals surface area (Å²) in [4.78, 5) is 14.6. The van der Waals surface area contributed by atoms with E-state index >= 15 is 0 Å². The van der Waals surface area contributed by atoms with Gasteiger partial charge in [-0.05, 0) is 45.2 Å². The first-order valence-corrected chi connectivity index (χ1v) is 7.78. The number of primary amides is 1. The standard InChI is InChI=1S/C17H27N3O/c1-13(2)20(11-14-9-10-14)12-17(19-3,16(18)21)15-7-5-4-6-8-15/h4-8,13-14,19H,9-12H2,1-3H3,(H2,18,21). The summed E-state index contributed by atoms with van der Waals surface area (Å²) in [5.74, 6) is 0.461. The maximum Gasteiger partial charge on any atom is 0.243 e. The second kappa shape index (κ2) is 6.58. The van der Waals surface area contributed by atoms with Crippen molar-refractivity contribution in [3.63, 3.8) is 0 Å². The molecule has 1 aliphatic carbocycles. The number of likely N-dealkylation sites (N-methyl/N-ethyl adjacent to an activating group) is 1. The fraction of sp³-hybridized carbons (Fsp3) is 0.588. The van der Waals surface area contributed by atoms with Crippen LogP contribution in [-0.2, 0) is 10.3 Å².